The summed E-state index contributed by atoms with van der Waals surface area (Å²) in [7, 11) is 0. The molecule has 1 fully saturated rings. The third-order valence-electron chi connectivity index (χ3n) is 3.31. The Balaban J connectivity index is 2.25. The molecule has 0 aromatic heterocycles. The van der Waals surface area contributed by atoms with Crippen LogP contribution in [0.5, 0.6) is 0 Å². The number of nitrogens with zero attached hydrogens (tertiary/aromatic N) is 1. The van der Waals surface area contributed by atoms with Crippen LogP contribution in [-0.4, -0.2) is 49.1 Å². The number of rotatable bonds is 6. The predicted molar refractivity (Wildman–Crippen MR) is 66.4 cm³/mol. The lowest BCUT2D eigenvalue weighted by molar-refractivity contribution is -0.122. The third kappa shape index (κ3) is 3.76. The highest BCUT2D eigenvalue weighted by Crippen LogP contribution is 2.15. The molecule has 2 N–H and O–H groups in total. The zero-order valence-corrected chi connectivity index (χ0v) is 10.8. The highest BCUT2D eigenvalue weighted by molar-refractivity contribution is 5.81. The summed E-state index contributed by atoms with van der Waals surface area (Å²) in [6.45, 7) is 10.0. The standard InChI is InChI=1S/C12H25N3O/c1-4-13-12(16)10(3)14-9-11-7-6-8-15(11)5-2/h10-11,14H,4-9H2,1-3H3,(H,13,16). The first-order valence-corrected chi connectivity index (χ1v) is 6.44. The minimum absolute atomic E-state index is 0.0840. The van der Waals surface area contributed by atoms with Crippen LogP contribution in [0.15, 0.2) is 0 Å². The number of likely N-dealkylation sites (N-methyl/N-ethyl adjacent to an activating group) is 2. The van der Waals surface area contributed by atoms with E-state index in [9.17, 15) is 4.79 Å². The van der Waals surface area contributed by atoms with E-state index in [4.69, 9.17) is 0 Å². The Kier molecular flexibility index (Phi) is 5.77. The first-order valence-electron chi connectivity index (χ1n) is 6.44. The van der Waals surface area contributed by atoms with E-state index in [1.165, 1.54) is 19.4 Å². The Hall–Kier alpha value is -0.610. The van der Waals surface area contributed by atoms with Crippen molar-refractivity contribution in [2.24, 2.45) is 0 Å². The van der Waals surface area contributed by atoms with Gasteiger partial charge in [-0.1, -0.05) is 6.92 Å². The van der Waals surface area contributed by atoms with E-state index in [0.29, 0.717) is 12.6 Å². The van der Waals surface area contributed by atoms with Crippen molar-refractivity contribution >= 4 is 5.91 Å². The van der Waals surface area contributed by atoms with Crippen LogP contribution in [-0.2, 0) is 4.79 Å². The van der Waals surface area contributed by atoms with Crippen LogP contribution < -0.4 is 10.6 Å². The van der Waals surface area contributed by atoms with Gasteiger partial charge in [-0.2, -0.15) is 0 Å². The van der Waals surface area contributed by atoms with Crippen molar-refractivity contribution in [3.63, 3.8) is 0 Å². The van der Waals surface area contributed by atoms with E-state index in [-0.39, 0.29) is 11.9 Å². The highest BCUT2D eigenvalue weighted by atomic mass is 16.2. The highest BCUT2D eigenvalue weighted by Gasteiger charge is 2.23. The Morgan fingerprint density at radius 2 is 2.25 bits per heavy atom. The lowest BCUT2D eigenvalue weighted by Gasteiger charge is -2.24. The minimum atomic E-state index is -0.0840. The molecule has 0 aromatic rings. The normalized spacial score (nSPS) is 23.3. The van der Waals surface area contributed by atoms with Gasteiger partial charge in [-0.05, 0) is 39.8 Å². The van der Waals surface area contributed by atoms with Crippen LogP contribution in [0.1, 0.15) is 33.6 Å². The van der Waals surface area contributed by atoms with Gasteiger partial charge in [0.25, 0.3) is 0 Å². The molecule has 2 unspecified atom stereocenters. The van der Waals surface area contributed by atoms with Gasteiger partial charge in [-0.3, -0.25) is 9.69 Å². The van der Waals surface area contributed by atoms with Gasteiger partial charge in [0.2, 0.25) is 5.91 Å². The van der Waals surface area contributed by atoms with E-state index in [2.05, 4.69) is 22.5 Å². The average molecular weight is 227 g/mol. The summed E-state index contributed by atoms with van der Waals surface area (Å²) in [5, 5.41) is 6.15. The SMILES string of the molecule is CCNC(=O)C(C)NCC1CCCN1CC. The molecule has 0 radical (unpaired) electrons. The van der Waals surface area contributed by atoms with E-state index in [0.717, 1.165) is 13.1 Å². The van der Waals surface area contributed by atoms with Gasteiger partial charge < -0.3 is 10.6 Å². The molecule has 1 aliphatic heterocycles. The molecule has 0 aromatic carbocycles. The lowest BCUT2D eigenvalue weighted by atomic mass is 10.2. The van der Waals surface area contributed by atoms with Gasteiger partial charge in [-0.15, -0.1) is 0 Å². The fourth-order valence-electron chi connectivity index (χ4n) is 2.28. The van der Waals surface area contributed by atoms with Crippen LogP contribution in [0.4, 0.5) is 0 Å². The van der Waals surface area contributed by atoms with Crippen molar-refractivity contribution in [3.05, 3.63) is 0 Å². The number of hydrogen-bond acceptors (Lipinski definition) is 3. The summed E-state index contributed by atoms with van der Waals surface area (Å²) in [5.74, 6) is 0.101. The molecular weight excluding hydrogens is 202 g/mol. The topological polar surface area (TPSA) is 44.4 Å². The van der Waals surface area contributed by atoms with E-state index in [1.807, 2.05) is 13.8 Å². The third-order valence-corrected chi connectivity index (χ3v) is 3.31. The number of carbonyl (C=O) groups excluding carboxylic acids is 1. The predicted octanol–water partition coefficient (Wildman–Crippen LogP) is 0.585. The summed E-state index contributed by atoms with van der Waals surface area (Å²) >= 11 is 0. The summed E-state index contributed by atoms with van der Waals surface area (Å²) in [5.41, 5.74) is 0. The quantitative estimate of drug-likeness (QED) is 0.698. The van der Waals surface area contributed by atoms with Gasteiger partial charge in [0, 0.05) is 19.1 Å². The fourth-order valence-corrected chi connectivity index (χ4v) is 2.28. The van der Waals surface area contributed by atoms with Crippen molar-refractivity contribution in [2.45, 2.75) is 45.7 Å². The Labute approximate surface area is 98.8 Å². The Bertz CT molecular complexity index is 220. The zero-order chi connectivity index (χ0) is 12.0. The zero-order valence-electron chi connectivity index (χ0n) is 10.8. The second-order valence-electron chi connectivity index (χ2n) is 4.45. The summed E-state index contributed by atoms with van der Waals surface area (Å²) in [6, 6.07) is 0.529. The Morgan fingerprint density at radius 1 is 1.50 bits per heavy atom. The number of nitrogens with one attached hydrogen (secondary N) is 2. The number of hydrogen-bond donors (Lipinski definition) is 2. The first kappa shape index (κ1) is 13.5. The second kappa shape index (κ2) is 6.86. The molecular formula is C12H25N3O. The number of amides is 1. The van der Waals surface area contributed by atoms with Gasteiger partial charge >= 0.3 is 0 Å². The van der Waals surface area contributed by atoms with Crippen LogP contribution in [0, 0.1) is 0 Å². The van der Waals surface area contributed by atoms with E-state index in [1.54, 1.807) is 0 Å². The minimum Gasteiger partial charge on any atom is -0.355 e. The lowest BCUT2D eigenvalue weighted by Crippen LogP contribution is -2.47. The largest absolute Gasteiger partial charge is 0.355 e. The first-order chi connectivity index (χ1) is 7.69. The second-order valence-corrected chi connectivity index (χ2v) is 4.45. The summed E-state index contributed by atoms with van der Waals surface area (Å²) in [6.07, 6.45) is 2.54. The van der Waals surface area contributed by atoms with Crippen LogP contribution >= 0.6 is 0 Å². The molecule has 1 amide bonds. The van der Waals surface area contributed by atoms with Crippen molar-refractivity contribution in [3.8, 4) is 0 Å². The fraction of sp³-hybridized carbons (Fsp3) is 0.917. The maximum Gasteiger partial charge on any atom is 0.236 e. The van der Waals surface area contributed by atoms with Crippen LogP contribution in [0.25, 0.3) is 0 Å². The molecule has 1 saturated heterocycles. The van der Waals surface area contributed by atoms with Gasteiger partial charge in [0.1, 0.15) is 0 Å². The summed E-state index contributed by atoms with van der Waals surface area (Å²) < 4.78 is 0. The van der Waals surface area contributed by atoms with Crippen molar-refractivity contribution < 1.29 is 4.79 Å². The summed E-state index contributed by atoms with van der Waals surface area (Å²) in [4.78, 5) is 14.0. The van der Waals surface area contributed by atoms with Gasteiger partial charge in [-0.25, -0.2) is 0 Å². The Morgan fingerprint density at radius 3 is 2.88 bits per heavy atom. The molecule has 2 atom stereocenters. The molecule has 1 aliphatic rings. The number of carbonyl (C=O) groups is 1. The average Bonchev–Trinajstić information content (AvgIpc) is 2.73. The molecule has 4 heteroatoms. The number of likely N-dealkylation sites (tertiary alicyclic amines) is 1. The van der Waals surface area contributed by atoms with Gasteiger partial charge in [0.15, 0.2) is 0 Å². The van der Waals surface area contributed by atoms with Crippen LogP contribution in [0.3, 0.4) is 0 Å². The van der Waals surface area contributed by atoms with Crippen molar-refractivity contribution in [1.29, 1.82) is 0 Å². The smallest absolute Gasteiger partial charge is 0.236 e. The maximum absolute atomic E-state index is 11.5. The molecule has 4 nitrogen and oxygen atoms in total. The van der Waals surface area contributed by atoms with Crippen molar-refractivity contribution in [2.75, 3.05) is 26.2 Å². The molecule has 1 rings (SSSR count). The molecule has 0 bridgehead atoms. The molecule has 0 spiro atoms. The van der Waals surface area contributed by atoms with Crippen molar-refractivity contribution in [1.82, 2.24) is 15.5 Å². The van der Waals surface area contributed by atoms with Crippen LogP contribution in [0.2, 0.25) is 0 Å². The van der Waals surface area contributed by atoms with E-state index < -0.39 is 0 Å². The molecule has 1 heterocycles. The maximum atomic E-state index is 11.5. The molecule has 16 heavy (non-hydrogen) atoms. The molecule has 94 valence electrons. The van der Waals surface area contributed by atoms with E-state index >= 15 is 0 Å². The van der Waals surface area contributed by atoms with Gasteiger partial charge in [0.05, 0.1) is 6.04 Å². The molecule has 0 aliphatic carbocycles. The monoisotopic (exact) mass is 227 g/mol. The molecule has 0 saturated carbocycles.